The van der Waals surface area contributed by atoms with Gasteiger partial charge in [-0.15, -0.1) is 12.6 Å². The number of aldehydes is 1. The Kier molecular flexibility index (Phi) is 2.60. The lowest BCUT2D eigenvalue weighted by molar-refractivity contribution is 0.109. The van der Waals surface area contributed by atoms with Gasteiger partial charge in [0.25, 0.3) is 0 Å². The molecule has 2 nitrogen and oxygen atoms in total. The molecular weight excluding hydrogens is 179 g/mol. The lowest BCUT2D eigenvalue weighted by atomic mass is 10.1. The molecule has 0 heterocycles. The van der Waals surface area contributed by atoms with E-state index in [1.54, 1.807) is 0 Å². The van der Waals surface area contributed by atoms with Crippen LogP contribution in [0, 0.1) is 5.82 Å². The Labute approximate surface area is 73.8 Å². The minimum Gasteiger partial charge on any atom is -0.298 e. The summed E-state index contributed by atoms with van der Waals surface area (Å²) in [6, 6.07) is 3.36. The number of carbonyl (C=O) groups is 2. The van der Waals surface area contributed by atoms with Crippen molar-refractivity contribution in [3.63, 3.8) is 0 Å². The van der Waals surface area contributed by atoms with E-state index in [-0.39, 0.29) is 11.1 Å². The van der Waals surface area contributed by atoms with Gasteiger partial charge in [-0.1, -0.05) is 0 Å². The third-order valence-corrected chi connectivity index (χ3v) is 1.56. The molecule has 0 saturated heterocycles. The van der Waals surface area contributed by atoms with Crippen LogP contribution >= 0.6 is 12.6 Å². The van der Waals surface area contributed by atoms with Crippen molar-refractivity contribution in [1.82, 2.24) is 0 Å². The molecule has 0 unspecified atom stereocenters. The summed E-state index contributed by atoms with van der Waals surface area (Å²) in [7, 11) is 0. The summed E-state index contributed by atoms with van der Waals surface area (Å²) < 4.78 is 12.6. The Hall–Kier alpha value is -1.16. The molecule has 0 spiro atoms. The van der Waals surface area contributed by atoms with E-state index in [4.69, 9.17) is 0 Å². The van der Waals surface area contributed by atoms with E-state index in [0.29, 0.717) is 6.29 Å². The first kappa shape index (κ1) is 8.93. The first-order chi connectivity index (χ1) is 5.63. The molecule has 4 heteroatoms. The quantitative estimate of drug-likeness (QED) is 0.560. The summed E-state index contributed by atoms with van der Waals surface area (Å²) in [6.07, 6.45) is 0.475. The summed E-state index contributed by atoms with van der Waals surface area (Å²) in [4.78, 5) is 20.9. The first-order valence-electron chi connectivity index (χ1n) is 3.12. The molecule has 0 fully saturated rings. The highest BCUT2D eigenvalue weighted by Gasteiger charge is 2.04. The van der Waals surface area contributed by atoms with Crippen LogP contribution in [-0.2, 0) is 0 Å². The zero-order valence-corrected chi connectivity index (χ0v) is 6.85. The van der Waals surface area contributed by atoms with Gasteiger partial charge in [0.05, 0.1) is 0 Å². The molecule has 1 aromatic carbocycles. The van der Waals surface area contributed by atoms with Gasteiger partial charge >= 0.3 is 0 Å². The normalized spacial score (nSPS) is 9.50. The number of halogens is 1. The highest BCUT2D eigenvalue weighted by Crippen LogP contribution is 2.09. The number of thiol groups is 1. The monoisotopic (exact) mass is 184 g/mol. The number of benzene rings is 1. The predicted molar refractivity (Wildman–Crippen MR) is 45.1 cm³/mol. The van der Waals surface area contributed by atoms with Crippen molar-refractivity contribution >= 4 is 24.0 Å². The Balaban J connectivity index is 3.23. The summed E-state index contributed by atoms with van der Waals surface area (Å²) in [5.74, 6) is -0.614. The Morgan fingerprint density at radius 1 is 1.42 bits per heavy atom. The topological polar surface area (TPSA) is 34.1 Å². The Morgan fingerprint density at radius 3 is 2.58 bits per heavy atom. The highest BCUT2D eigenvalue weighted by atomic mass is 32.1. The SMILES string of the molecule is O=Cc1cc(F)cc(C(=O)S)c1. The molecule has 0 radical (unpaired) electrons. The first-order valence-corrected chi connectivity index (χ1v) is 3.57. The molecule has 0 N–H and O–H groups in total. The van der Waals surface area contributed by atoms with E-state index in [1.165, 1.54) is 6.07 Å². The molecule has 0 atom stereocenters. The summed E-state index contributed by atoms with van der Waals surface area (Å²) >= 11 is 3.50. The predicted octanol–water partition coefficient (Wildman–Crippen LogP) is 1.71. The molecule has 1 aromatic rings. The summed E-state index contributed by atoms with van der Waals surface area (Å²) in [5, 5.41) is -0.558. The highest BCUT2D eigenvalue weighted by molar-refractivity contribution is 7.97. The average molecular weight is 184 g/mol. The molecule has 0 saturated carbocycles. The van der Waals surface area contributed by atoms with Crippen LogP contribution in [0.5, 0.6) is 0 Å². The fraction of sp³-hybridized carbons (Fsp3) is 0. The smallest absolute Gasteiger partial charge is 0.216 e. The van der Waals surface area contributed by atoms with Crippen molar-refractivity contribution in [3.05, 3.63) is 35.1 Å². The maximum absolute atomic E-state index is 12.6. The van der Waals surface area contributed by atoms with E-state index < -0.39 is 10.9 Å². The van der Waals surface area contributed by atoms with Crippen molar-refractivity contribution < 1.29 is 14.0 Å². The van der Waals surface area contributed by atoms with Gasteiger partial charge in [-0.3, -0.25) is 9.59 Å². The van der Waals surface area contributed by atoms with E-state index >= 15 is 0 Å². The van der Waals surface area contributed by atoms with Crippen LogP contribution in [0.25, 0.3) is 0 Å². The van der Waals surface area contributed by atoms with E-state index in [1.807, 2.05) is 0 Å². The van der Waals surface area contributed by atoms with Gasteiger partial charge in [0, 0.05) is 11.1 Å². The molecule has 0 aliphatic rings. The second-order valence-electron chi connectivity index (χ2n) is 2.20. The number of hydrogen-bond donors (Lipinski definition) is 1. The third kappa shape index (κ3) is 1.92. The Bertz CT molecular complexity index is 336. The average Bonchev–Trinajstić information content (AvgIpc) is 2.03. The molecule has 0 aromatic heterocycles. The third-order valence-electron chi connectivity index (χ3n) is 1.30. The number of carbonyl (C=O) groups excluding carboxylic acids is 2. The van der Waals surface area contributed by atoms with Gasteiger partial charge in [0.2, 0.25) is 5.12 Å². The van der Waals surface area contributed by atoms with Crippen LogP contribution in [0.4, 0.5) is 4.39 Å². The van der Waals surface area contributed by atoms with Crippen molar-refractivity contribution in [3.8, 4) is 0 Å². The molecule has 1 rings (SSSR count). The van der Waals surface area contributed by atoms with Crippen LogP contribution < -0.4 is 0 Å². The van der Waals surface area contributed by atoms with E-state index in [9.17, 15) is 14.0 Å². The second kappa shape index (κ2) is 3.49. The maximum Gasteiger partial charge on any atom is 0.216 e. The van der Waals surface area contributed by atoms with Crippen molar-refractivity contribution in [1.29, 1.82) is 0 Å². The lowest BCUT2D eigenvalue weighted by Crippen LogP contribution is -1.93. The van der Waals surface area contributed by atoms with E-state index in [0.717, 1.165) is 12.1 Å². The standard InChI is InChI=1S/C8H5FO2S/c9-7-2-5(4-10)1-6(3-7)8(11)12/h1-4H,(H,11,12). The number of hydrogen-bond acceptors (Lipinski definition) is 2. The molecular formula is C8H5FO2S. The largest absolute Gasteiger partial charge is 0.298 e. The summed E-state index contributed by atoms with van der Waals surface area (Å²) in [5.41, 5.74) is 0.216. The van der Waals surface area contributed by atoms with Gasteiger partial charge in [-0.05, 0) is 18.2 Å². The van der Waals surface area contributed by atoms with Gasteiger partial charge in [-0.2, -0.15) is 0 Å². The molecule has 0 bridgehead atoms. The van der Waals surface area contributed by atoms with Crippen molar-refractivity contribution in [2.24, 2.45) is 0 Å². The maximum atomic E-state index is 12.6. The van der Waals surface area contributed by atoms with Gasteiger partial charge in [-0.25, -0.2) is 4.39 Å². The zero-order valence-electron chi connectivity index (χ0n) is 5.95. The lowest BCUT2D eigenvalue weighted by Gasteiger charge is -1.96. The number of rotatable bonds is 2. The van der Waals surface area contributed by atoms with Gasteiger partial charge in [0.1, 0.15) is 12.1 Å². The minimum atomic E-state index is -0.614. The Morgan fingerprint density at radius 2 is 2.08 bits per heavy atom. The summed E-state index contributed by atoms with van der Waals surface area (Å²) in [6.45, 7) is 0. The van der Waals surface area contributed by atoms with Crippen LogP contribution in [0.1, 0.15) is 20.7 Å². The van der Waals surface area contributed by atoms with Crippen LogP contribution in [0.15, 0.2) is 18.2 Å². The molecule has 12 heavy (non-hydrogen) atoms. The molecule has 62 valence electrons. The second-order valence-corrected chi connectivity index (χ2v) is 2.60. The van der Waals surface area contributed by atoms with Gasteiger partial charge in [0.15, 0.2) is 0 Å². The molecule has 0 aliphatic heterocycles. The molecule has 0 aliphatic carbocycles. The molecule has 0 amide bonds. The van der Waals surface area contributed by atoms with Crippen LogP contribution in [0.3, 0.4) is 0 Å². The fourth-order valence-corrected chi connectivity index (χ4v) is 0.933. The fourth-order valence-electron chi connectivity index (χ4n) is 0.804. The van der Waals surface area contributed by atoms with Crippen molar-refractivity contribution in [2.75, 3.05) is 0 Å². The van der Waals surface area contributed by atoms with Crippen LogP contribution in [-0.4, -0.2) is 11.4 Å². The van der Waals surface area contributed by atoms with E-state index in [2.05, 4.69) is 12.6 Å². The van der Waals surface area contributed by atoms with Crippen molar-refractivity contribution in [2.45, 2.75) is 0 Å². The zero-order chi connectivity index (χ0) is 9.14. The minimum absolute atomic E-state index is 0.0837. The van der Waals surface area contributed by atoms with Gasteiger partial charge < -0.3 is 0 Å². The van der Waals surface area contributed by atoms with Crippen LogP contribution in [0.2, 0.25) is 0 Å².